The van der Waals surface area contributed by atoms with Gasteiger partial charge in [-0.3, -0.25) is 13.9 Å². The third-order valence-electron chi connectivity index (χ3n) is 6.56. The van der Waals surface area contributed by atoms with E-state index in [-0.39, 0.29) is 31.3 Å². The molecule has 0 radical (unpaired) electrons. The summed E-state index contributed by atoms with van der Waals surface area (Å²) in [5.41, 5.74) is 7.30. The van der Waals surface area contributed by atoms with Gasteiger partial charge in [-0.05, 0) is 38.8 Å². The zero-order chi connectivity index (χ0) is 28.4. The maximum absolute atomic E-state index is 13.7. The van der Waals surface area contributed by atoms with E-state index in [4.69, 9.17) is 29.7 Å². The lowest BCUT2D eigenvalue weighted by molar-refractivity contribution is -0.144. The Morgan fingerprint density at radius 3 is 2.77 bits per heavy atom. The molecule has 40 heavy (non-hydrogen) atoms. The zero-order valence-corrected chi connectivity index (χ0v) is 23.4. The molecule has 1 aliphatic heterocycles. The smallest absolute Gasteiger partial charge is 0.459 e. The van der Waals surface area contributed by atoms with Crippen LogP contribution in [0.4, 0.5) is 11.8 Å². The van der Waals surface area contributed by atoms with Crippen molar-refractivity contribution in [2.75, 3.05) is 30.9 Å². The van der Waals surface area contributed by atoms with Gasteiger partial charge >= 0.3 is 13.7 Å². The molecule has 4 atom stereocenters. The van der Waals surface area contributed by atoms with Crippen molar-refractivity contribution in [2.45, 2.75) is 57.5 Å². The van der Waals surface area contributed by atoms with E-state index in [9.17, 15) is 9.36 Å². The molecule has 2 fully saturated rings. The number of nitrogens with two attached hydrogens (primary N) is 1. The van der Waals surface area contributed by atoms with Crippen LogP contribution in [-0.2, 0) is 23.4 Å². The number of hydrogen-bond acceptors (Lipinski definition) is 12. The number of para-hydroxylation sites is 1. The SMILES string of the molecule is CCOC(=O)[C@H](C)N[P@@](=O)(OC[C@@H]1CC(=N)[C@H](n2cnc3c(N(C)C4CC4)nc(N)nc32)O1)Oc1ccccc1. The number of ether oxygens (including phenoxy) is 2. The van der Waals surface area contributed by atoms with E-state index in [0.29, 0.717) is 28.8 Å². The first kappa shape index (κ1) is 28.0. The highest BCUT2D eigenvalue weighted by Crippen LogP contribution is 2.46. The Morgan fingerprint density at radius 2 is 2.08 bits per heavy atom. The Labute approximate surface area is 231 Å². The largest absolute Gasteiger partial charge is 0.465 e. The third-order valence-corrected chi connectivity index (χ3v) is 8.20. The van der Waals surface area contributed by atoms with Crippen LogP contribution in [0, 0.1) is 5.41 Å². The standard InChI is InChI=1S/C25H33N8O6P/c1-4-36-24(34)15(2)31-40(35,39-17-8-6-5-7-9-17)37-13-18-12-19(26)23(38-18)33-14-28-20-21(32(3)16-10-11-16)29-25(27)30-22(20)33/h5-9,14-16,18,23,26H,4,10-13H2,1-3H3,(H,31,35)(H2,27,29,30)/t15-,18-,23+,40+/m0/s1. The van der Waals surface area contributed by atoms with Gasteiger partial charge in [-0.1, -0.05) is 18.2 Å². The van der Waals surface area contributed by atoms with Gasteiger partial charge in [0.1, 0.15) is 11.8 Å². The van der Waals surface area contributed by atoms with Gasteiger partial charge < -0.3 is 30.0 Å². The number of carbonyl (C=O) groups excluding carboxylic acids is 1. The van der Waals surface area contributed by atoms with Crippen LogP contribution >= 0.6 is 7.75 Å². The second-order valence-corrected chi connectivity index (χ2v) is 11.4. The first-order valence-electron chi connectivity index (χ1n) is 13.1. The van der Waals surface area contributed by atoms with Crippen molar-refractivity contribution in [3.8, 4) is 5.75 Å². The van der Waals surface area contributed by atoms with E-state index < -0.39 is 32.1 Å². The number of nitrogens with one attached hydrogen (secondary N) is 2. The van der Waals surface area contributed by atoms with Crippen LogP contribution in [0.3, 0.4) is 0 Å². The van der Waals surface area contributed by atoms with E-state index >= 15 is 0 Å². The minimum Gasteiger partial charge on any atom is -0.465 e. The predicted octanol–water partition coefficient (Wildman–Crippen LogP) is 3.06. The Hall–Kier alpha value is -3.58. The topological polar surface area (TPSA) is 180 Å². The van der Waals surface area contributed by atoms with Gasteiger partial charge in [0, 0.05) is 19.5 Å². The van der Waals surface area contributed by atoms with Gasteiger partial charge in [0.25, 0.3) is 0 Å². The molecule has 0 bridgehead atoms. The number of imidazole rings is 1. The summed E-state index contributed by atoms with van der Waals surface area (Å²) in [4.78, 5) is 27.5. The summed E-state index contributed by atoms with van der Waals surface area (Å²) in [5.74, 6) is 0.430. The summed E-state index contributed by atoms with van der Waals surface area (Å²) in [6.45, 7) is 3.19. The van der Waals surface area contributed by atoms with Crippen LogP contribution in [0.25, 0.3) is 11.2 Å². The molecule has 1 saturated heterocycles. The molecular formula is C25H33N8O6P. The first-order chi connectivity index (χ1) is 19.2. The molecule has 14 nitrogen and oxygen atoms in total. The van der Waals surface area contributed by atoms with E-state index in [0.717, 1.165) is 12.8 Å². The highest BCUT2D eigenvalue weighted by molar-refractivity contribution is 7.52. The maximum Gasteiger partial charge on any atom is 0.459 e. The lowest BCUT2D eigenvalue weighted by Gasteiger charge is -2.24. The van der Waals surface area contributed by atoms with Crippen molar-refractivity contribution >= 4 is 42.4 Å². The van der Waals surface area contributed by atoms with Gasteiger partial charge in [0.2, 0.25) is 5.95 Å². The number of hydrogen-bond donors (Lipinski definition) is 3. The summed E-state index contributed by atoms with van der Waals surface area (Å²) in [5, 5.41) is 11.2. The highest BCUT2D eigenvalue weighted by atomic mass is 31.2. The van der Waals surface area contributed by atoms with Gasteiger partial charge in [-0.25, -0.2) is 9.55 Å². The molecule has 2 aromatic heterocycles. The summed E-state index contributed by atoms with van der Waals surface area (Å²) < 4.78 is 37.9. The average molecular weight is 573 g/mol. The molecule has 2 aliphatic rings. The fourth-order valence-corrected chi connectivity index (χ4v) is 5.93. The molecule has 0 amide bonds. The van der Waals surface area contributed by atoms with Gasteiger partial charge in [-0.2, -0.15) is 15.1 Å². The van der Waals surface area contributed by atoms with Gasteiger partial charge in [-0.15, -0.1) is 0 Å². The van der Waals surface area contributed by atoms with E-state index in [1.807, 2.05) is 11.9 Å². The predicted molar refractivity (Wildman–Crippen MR) is 147 cm³/mol. The Morgan fingerprint density at radius 1 is 1.32 bits per heavy atom. The number of benzene rings is 1. The number of nitrogen functional groups attached to an aromatic ring is 1. The molecule has 15 heteroatoms. The van der Waals surface area contributed by atoms with Crippen molar-refractivity contribution in [3.05, 3.63) is 36.7 Å². The molecule has 214 valence electrons. The van der Waals surface area contributed by atoms with Crippen molar-refractivity contribution in [3.63, 3.8) is 0 Å². The maximum atomic E-state index is 13.7. The molecule has 0 spiro atoms. The molecule has 1 saturated carbocycles. The Balaban J connectivity index is 1.31. The van der Waals surface area contributed by atoms with Gasteiger partial charge in [0.15, 0.2) is 23.2 Å². The molecular weight excluding hydrogens is 539 g/mol. The average Bonchev–Trinajstić information content (AvgIpc) is 3.59. The van der Waals surface area contributed by atoms with Crippen LogP contribution in [-0.4, -0.2) is 69.6 Å². The minimum absolute atomic E-state index is 0.0990. The molecule has 1 aromatic carbocycles. The summed E-state index contributed by atoms with van der Waals surface area (Å²) >= 11 is 0. The number of fused-ring (bicyclic) bond motifs is 1. The lowest BCUT2D eigenvalue weighted by Crippen LogP contribution is -2.35. The summed E-state index contributed by atoms with van der Waals surface area (Å²) in [7, 11) is -2.11. The monoisotopic (exact) mass is 572 g/mol. The molecule has 4 N–H and O–H groups in total. The summed E-state index contributed by atoms with van der Waals surface area (Å²) in [6.07, 6.45) is 2.47. The van der Waals surface area contributed by atoms with Crippen molar-refractivity contribution in [2.24, 2.45) is 0 Å². The first-order valence-corrected chi connectivity index (χ1v) is 14.6. The second-order valence-electron chi connectivity index (χ2n) is 9.71. The minimum atomic E-state index is -4.06. The van der Waals surface area contributed by atoms with Crippen LogP contribution in [0.15, 0.2) is 36.7 Å². The van der Waals surface area contributed by atoms with E-state index in [2.05, 4.69) is 20.0 Å². The fraction of sp³-hybridized carbons (Fsp3) is 0.480. The number of nitrogens with zero attached hydrogens (tertiary/aromatic N) is 5. The van der Waals surface area contributed by atoms with Crippen molar-refractivity contribution in [1.82, 2.24) is 24.6 Å². The Bertz CT molecular complexity index is 1430. The molecule has 1 aliphatic carbocycles. The highest BCUT2D eigenvalue weighted by Gasteiger charge is 2.38. The van der Waals surface area contributed by atoms with Crippen LogP contribution in [0.1, 0.15) is 39.3 Å². The van der Waals surface area contributed by atoms with Crippen molar-refractivity contribution in [1.29, 1.82) is 5.41 Å². The quantitative estimate of drug-likeness (QED) is 0.214. The number of esters is 1. The molecule has 3 aromatic rings. The zero-order valence-electron chi connectivity index (χ0n) is 22.5. The third kappa shape index (κ3) is 6.09. The number of carbonyl (C=O) groups is 1. The number of anilines is 2. The fourth-order valence-electron chi connectivity index (χ4n) is 4.41. The molecule has 3 heterocycles. The van der Waals surface area contributed by atoms with E-state index in [1.165, 1.54) is 6.92 Å². The van der Waals surface area contributed by atoms with Crippen molar-refractivity contribution < 1.29 is 27.9 Å². The van der Waals surface area contributed by atoms with E-state index in [1.54, 1.807) is 48.1 Å². The second kappa shape index (κ2) is 11.5. The molecule has 5 rings (SSSR count). The summed E-state index contributed by atoms with van der Waals surface area (Å²) in [6, 6.07) is 7.90. The number of rotatable bonds is 12. The Kier molecular flexibility index (Phi) is 8.04. The van der Waals surface area contributed by atoms with Crippen LogP contribution < -0.4 is 20.2 Å². The van der Waals surface area contributed by atoms with Gasteiger partial charge in [0.05, 0.1) is 31.4 Å². The number of aromatic nitrogens is 4. The van der Waals surface area contributed by atoms with Crippen LogP contribution in [0.5, 0.6) is 5.75 Å². The van der Waals surface area contributed by atoms with Crippen LogP contribution in [0.2, 0.25) is 0 Å². The molecule has 0 unspecified atom stereocenters. The lowest BCUT2D eigenvalue weighted by atomic mass is 10.2. The normalized spacial score (nSPS) is 21.2.